The van der Waals surface area contributed by atoms with Crippen LogP contribution in [0.4, 0.5) is 10.5 Å². The first-order chi connectivity index (χ1) is 9.82. The number of aliphatic carboxylic acids is 1. The zero-order valence-electron chi connectivity index (χ0n) is 11.5. The molecule has 0 aliphatic carbocycles. The third kappa shape index (κ3) is 3.68. The highest BCUT2D eigenvalue weighted by Crippen LogP contribution is 2.31. The first kappa shape index (κ1) is 16.1. The van der Waals surface area contributed by atoms with Crippen LogP contribution >= 0.6 is 27.5 Å². The zero-order chi connectivity index (χ0) is 15.6. The summed E-state index contributed by atoms with van der Waals surface area (Å²) in [6.45, 7) is 2.41. The predicted octanol–water partition coefficient (Wildman–Crippen LogP) is 3.82. The molecule has 0 aromatic heterocycles. The summed E-state index contributed by atoms with van der Waals surface area (Å²) in [6, 6.07) is 4.84. The molecule has 5 nitrogen and oxygen atoms in total. The Kier molecular flexibility index (Phi) is 4.78. The molecule has 1 saturated heterocycles. The summed E-state index contributed by atoms with van der Waals surface area (Å²) in [4.78, 5) is 25.1. The van der Waals surface area contributed by atoms with Gasteiger partial charge in [0.25, 0.3) is 0 Å². The average molecular weight is 376 g/mol. The standard InChI is InChI=1S/C14H16BrClN2O3/c1-14(12(19)20)5-2-6-18(8-14)13(21)17-11-4-3-9(15)7-10(11)16/h3-4,7H,2,5-6,8H2,1H3,(H,17,21)(H,19,20). The Morgan fingerprint density at radius 1 is 1.48 bits per heavy atom. The molecule has 1 fully saturated rings. The van der Waals surface area contributed by atoms with Gasteiger partial charge in [-0.05, 0) is 38.0 Å². The van der Waals surface area contributed by atoms with Crippen molar-refractivity contribution in [3.05, 3.63) is 27.7 Å². The van der Waals surface area contributed by atoms with E-state index in [2.05, 4.69) is 21.2 Å². The predicted molar refractivity (Wildman–Crippen MR) is 84.7 cm³/mol. The third-order valence-corrected chi connectivity index (χ3v) is 4.48. The van der Waals surface area contributed by atoms with E-state index in [1.807, 2.05) is 0 Å². The molecule has 2 amide bonds. The molecule has 114 valence electrons. The summed E-state index contributed by atoms with van der Waals surface area (Å²) in [6.07, 6.45) is 1.25. The fourth-order valence-corrected chi connectivity index (χ4v) is 3.09. The van der Waals surface area contributed by atoms with Gasteiger partial charge in [-0.25, -0.2) is 4.79 Å². The largest absolute Gasteiger partial charge is 0.481 e. The minimum Gasteiger partial charge on any atom is -0.481 e. The van der Waals surface area contributed by atoms with Gasteiger partial charge in [0.1, 0.15) is 0 Å². The fraction of sp³-hybridized carbons (Fsp3) is 0.429. The van der Waals surface area contributed by atoms with Crippen molar-refractivity contribution in [1.82, 2.24) is 4.90 Å². The van der Waals surface area contributed by atoms with Crippen LogP contribution in [0, 0.1) is 5.41 Å². The average Bonchev–Trinajstić information content (AvgIpc) is 2.41. The van der Waals surface area contributed by atoms with Crippen molar-refractivity contribution in [2.24, 2.45) is 5.41 Å². The van der Waals surface area contributed by atoms with Crippen molar-refractivity contribution in [2.45, 2.75) is 19.8 Å². The second-order valence-corrected chi connectivity index (χ2v) is 6.77. The molecule has 0 bridgehead atoms. The van der Waals surface area contributed by atoms with Gasteiger partial charge in [0, 0.05) is 17.6 Å². The Bertz CT molecular complexity index is 581. The Morgan fingerprint density at radius 2 is 2.19 bits per heavy atom. The maximum absolute atomic E-state index is 12.3. The van der Waals surface area contributed by atoms with E-state index >= 15 is 0 Å². The quantitative estimate of drug-likeness (QED) is 0.825. The number of nitrogens with one attached hydrogen (secondary N) is 1. The summed E-state index contributed by atoms with van der Waals surface area (Å²) in [5.41, 5.74) is -0.383. The second kappa shape index (κ2) is 6.23. The van der Waals surface area contributed by atoms with Crippen molar-refractivity contribution < 1.29 is 14.7 Å². The van der Waals surface area contributed by atoms with Crippen molar-refractivity contribution in [3.8, 4) is 0 Å². The normalized spacial score (nSPS) is 22.0. The Morgan fingerprint density at radius 3 is 2.81 bits per heavy atom. The second-order valence-electron chi connectivity index (χ2n) is 5.45. The molecular weight excluding hydrogens is 360 g/mol. The summed E-state index contributed by atoms with van der Waals surface area (Å²) in [7, 11) is 0. The van der Waals surface area contributed by atoms with Gasteiger partial charge in [0.05, 0.1) is 16.1 Å². The van der Waals surface area contributed by atoms with Crippen molar-refractivity contribution in [2.75, 3.05) is 18.4 Å². The van der Waals surface area contributed by atoms with Gasteiger partial charge in [-0.1, -0.05) is 27.5 Å². The molecule has 1 atom stereocenters. The molecule has 2 N–H and O–H groups in total. The molecule has 0 radical (unpaired) electrons. The van der Waals surface area contributed by atoms with Gasteiger partial charge < -0.3 is 15.3 Å². The molecule has 2 rings (SSSR count). The maximum atomic E-state index is 12.3. The van der Waals surface area contributed by atoms with Crippen LogP contribution in [0.2, 0.25) is 5.02 Å². The van der Waals surface area contributed by atoms with Gasteiger partial charge in [0.2, 0.25) is 0 Å². The topological polar surface area (TPSA) is 69.6 Å². The number of carboxylic acid groups (broad SMARTS) is 1. The zero-order valence-corrected chi connectivity index (χ0v) is 13.9. The Hall–Kier alpha value is -1.27. The first-order valence-electron chi connectivity index (χ1n) is 6.56. The number of nitrogens with zero attached hydrogens (tertiary/aromatic N) is 1. The summed E-state index contributed by atoms with van der Waals surface area (Å²) in [5.74, 6) is -0.873. The van der Waals surface area contributed by atoms with Gasteiger partial charge in [-0.15, -0.1) is 0 Å². The van der Waals surface area contributed by atoms with Crippen LogP contribution in [0.1, 0.15) is 19.8 Å². The van der Waals surface area contributed by atoms with Crippen LogP contribution in [0.5, 0.6) is 0 Å². The number of halogens is 2. The number of benzene rings is 1. The Balaban J connectivity index is 2.08. The lowest BCUT2D eigenvalue weighted by atomic mass is 9.82. The number of hydrogen-bond donors (Lipinski definition) is 2. The van der Waals surface area contributed by atoms with Crippen LogP contribution in [0.15, 0.2) is 22.7 Å². The summed E-state index contributed by atoms with van der Waals surface area (Å²) < 4.78 is 0.821. The molecule has 0 spiro atoms. The number of rotatable bonds is 2. The van der Waals surface area contributed by atoms with E-state index in [0.29, 0.717) is 30.1 Å². The minimum absolute atomic E-state index is 0.197. The Labute approximate surface area is 136 Å². The highest BCUT2D eigenvalue weighted by molar-refractivity contribution is 9.10. The number of carboxylic acids is 1. The van der Waals surface area contributed by atoms with Crippen molar-refractivity contribution >= 4 is 45.2 Å². The van der Waals surface area contributed by atoms with E-state index in [-0.39, 0.29) is 12.6 Å². The maximum Gasteiger partial charge on any atom is 0.321 e. The molecule has 1 aromatic carbocycles. The van der Waals surface area contributed by atoms with Crippen LogP contribution in [0.3, 0.4) is 0 Å². The number of urea groups is 1. The summed E-state index contributed by atoms with van der Waals surface area (Å²) >= 11 is 9.36. The number of anilines is 1. The van der Waals surface area contributed by atoms with Crippen LogP contribution in [0.25, 0.3) is 0 Å². The number of amides is 2. The number of piperidine rings is 1. The highest BCUT2D eigenvalue weighted by Gasteiger charge is 2.39. The number of likely N-dealkylation sites (tertiary alicyclic amines) is 1. The van der Waals surface area contributed by atoms with E-state index in [0.717, 1.165) is 4.47 Å². The van der Waals surface area contributed by atoms with Crippen LogP contribution in [-0.4, -0.2) is 35.1 Å². The molecule has 1 unspecified atom stereocenters. The molecule has 1 aliphatic rings. The lowest BCUT2D eigenvalue weighted by Gasteiger charge is -2.37. The van der Waals surface area contributed by atoms with E-state index in [9.17, 15) is 14.7 Å². The van der Waals surface area contributed by atoms with Gasteiger partial charge in [-0.3, -0.25) is 4.79 Å². The lowest BCUT2D eigenvalue weighted by Crippen LogP contribution is -2.49. The molecular formula is C14H16BrClN2O3. The number of carbonyl (C=O) groups excluding carboxylic acids is 1. The number of hydrogen-bond acceptors (Lipinski definition) is 2. The highest BCUT2D eigenvalue weighted by atomic mass is 79.9. The van der Waals surface area contributed by atoms with Gasteiger partial charge in [0.15, 0.2) is 0 Å². The molecule has 1 heterocycles. The first-order valence-corrected chi connectivity index (χ1v) is 7.73. The monoisotopic (exact) mass is 374 g/mol. The van der Waals surface area contributed by atoms with E-state index in [1.165, 1.54) is 4.90 Å². The van der Waals surface area contributed by atoms with Crippen LogP contribution < -0.4 is 5.32 Å². The van der Waals surface area contributed by atoms with Crippen molar-refractivity contribution in [3.63, 3.8) is 0 Å². The molecule has 7 heteroatoms. The summed E-state index contributed by atoms with van der Waals surface area (Å²) in [5, 5.41) is 12.4. The number of carbonyl (C=O) groups is 2. The molecule has 1 aliphatic heterocycles. The van der Waals surface area contributed by atoms with Gasteiger partial charge in [-0.2, -0.15) is 0 Å². The molecule has 21 heavy (non-hydrogen) atoms. The SMILES string of the molecule is CC1(C(=O)O)CCCN(C(=O)Nc2ccc(Br)cc2Cl)C1. The minimum atomic E-state index is -0.890. The van der Waals surface area contributed by atoms with E-state index in [4.69, 9.17) is 11.6 Å². The molecule has 1 aromatic rings. The third-order valence-electron chi connectivity index (χ3n) is 3.67. The molecule has 0 saturated carbocycles. The fourth-order valence-electron chi connectivity index (χ4n) is 2.37. The lowest BCUT2D eigenvalue weighted by molar-refractivity contribution is -0.150. The smallest absolute Gasteiger partial charge is 0.321 e. The van der Waals surface area contributed by atoms with E-state index < -0.39 is 11.4 Å². The van der Waals surface area contributed by atoms with Crippen LogP contribution in [-0.2, 0) is 4.79 Å². The van der Waals surface area contributed by atoms with Crippen molar-refractivity contribution in [1.29, 1.82) is 0 Å². The van der Waals surface area contributed by atoms with E-state index in [1.54, 1.807) is 25.1 Å². The van der Waals surface area contributed by atoms with Gasteiger partial charge >= 0.3 is 12.0 Å².